The summed E-state index contributed by atoms with van der Waals surface area (Å²) in [5.41, 5.74) is 6.94. The van der Waals surface area contributed by atoms with Gasteiger partial charge < -0.3 is 20.9 Å². The second kappa shape index (κ2) is 7.85. The molecule has 3 unspecified atom stereocenters. The molecule has 1 aromatic carbocycles. The number of benzene rings is 1. The molecular formula is C14H23BrN2O2. The average Bonchev–Trinajstić information content (AvgIpc) is 2.35. The average molecular weight is 331 g/mol. The van der Waals surface area contributed by atoms with Gasteiger partial charge >= 0.3 is 0 Å². The maximum Gasteiger partial charge on any atom is 0.133 e. The number of halogens is 1. The molecule has 0 fully saturated rings. The quantitative estimate of drug-likeness (QED) is 0.717. The Hall–Kier alpha value is -0.620. The number of ether oxygens (including phenoxy) is 1. The van der Waals surface area contributed by atoms with Crippen molar-refractivity contribution in [1.82, 2.24) is 5.32 Å². The molecule has 0 bridgehead atoms. The normalized spacial score (nSPS) is 15.9. The van der Waals surface area contributed by atoms with E-state index in [4.69, 9.17) is 10.5 Å². The third-order valence-electron chi connectivity index (χ3n) is 2.99. The summed E-state index contributed by atoms with van der Waals surface area (Å²) in [6.07, 6.45) is 0.386. The van der Waals surface area contributed by atoms with Crippen LogP contribution in [0.1, 0.15) is 31.9 Å². The summed E-state index contributed by atoms with van der Waals surface area (Å²) in [6.45, 7) is 4.34. The van der Waals surface area contributed by atoms with Gasteiger partial charge in [-0.3, -0.25) is 0 Å². The van der Waals surface area contributed by atoms with Crippen molar-refractivity contribution in [2.45, 2.75) is 38.5 Å². The molecule has 5 heteroatoms. The van der Waals surface area contributed by atoms with Crippen LogP contribution in [-0.4, -0.2) is 30.9 Å². The van der Waals surface area contributed by atoms with Crippen LogP contribution in [0.5, 0.6) is 5.75 Å². The van der Waals surface area contributed by atoms with E-state index in [2.05, 4.69) is 21.2 Å². The SMILES string of the molecule is COc1ccc(C(CN)NC(C)CC(C)O)cc1Br. The van der Waals surface area contributed by atoms with Gasteiger partial charge in [-0.15, -0.1) is 0 Å². The summed E-state index contributed by atoms with van der Waals surface area (Å²) in [5, 5.41) is 12.8. The molecule has 0 aliphatic heterocycles. The second-order valence-corrected chi connectivity index (χ2v) is 5.69. The first-order valence-corrected chi connectivity index (χ1v) is 7.24. The number of nitrogens with one attached hydrogen (secondary N) is 1. The molecule has 0 spiro atoms. The molecule has 1 aromatic rings. The number of aliphatic hydroxyl groups excluding tert-OH is 1. The number of rotatable bonds is 7. The molecule has 4 nitrogen and oxygen atoms in total. The highest BCUT2D eigenvalue weighted by molar-refractivity contribution is 9.10. The minimum absolute atomic E-state index is 0.0657. The first-order valence-electron chi connectivity index (χ1n) is 6.45. The zero-order chi connectivity index (χ0) is 14.4. The molecule has 0 aromatic heterocycles. The van der Waals surface area contributed by atoms with Crippen LogP contribution >= 0.6 is 15.9 Å². The van der Waals surface area contributed by atoms with Gasteiger partial charge in [0.25, 0.3) is 0 Å². The van der Waals surface area contributed by atoms with E-state index < -0.39 is 0 Å². The first kappa shape index (κ1) is 16.4. The van der Waals surface area contributed by atoms with Crippen LogP contribution in [0.15, 0.2) is 22.7 Å². The molecule has 0 aliphatic rings. The van der Waals surface area contributed by atoms with Gasteiger partial charge in [0.1, 0.15) is 5.75 Å². The minimum Gasteiger partial charge on any atom is -0.496 e. The zero-order valence-electron chi connectivity index (χ0n) is 11.7. The molecule has 1 rings (SSSR count). The van der Waals surface area contributed by atoms with E-state index in [0.29, 0.717) is 13.0 Å². The largest absolute Gasteiger partial charge is 0.496 e. The fraction of sp³-hybridized carbons (Fsp3) is 0.571. The molecule has 3 atom stereocenters. The van der Waals surface area contributed by atoms with Crippen molar-refractivity contribution in [1.29, 1.82) is 0 Å². The molecule has 0 saturated carbocycles. The van der Waals surface area contributed by atoms with Crippen molar-refractivity contribution < 1.29 is 9.84 Å². The van der Waals surface area contributed by atoms with E-state index in [1.165, 1.54) is 0 Å². The van der Waals surface area contributed by atoms with Crippen molar-refractivity contribution in [2.75, 3.05) is 13.7 Å². The Labute approximate surface area is 123 Å². The Kier molecular flexibility index (Phi) is 6.79. The Morgan fingerprint density at radius 2 is 2.11 bits per heavy atom. The van der Waals surface area contributed by atoms with Crippen LogP contribution in [0.3, 0.4) is 0 Å². The maximum absolute atomic E-state index is 9.40. The Morgan fingerprint density at radius 1 is 1.42 bits per heavy atom. The van der Waals surface area contributed by atoms with Gasteiger partial charge in [-0.1, -0.05) is 6.07 Å². The van der Waals surface area contributed by atoms with Gasteiger partial charge in [0, 0.05) is 18.6 Å². The van der Waals surface area contributed by atoms with Crippen LogP contribution < -0.4 is 15.8 Å². The standard InChI is InChI=1S/C14H23BrN2O2/c1-9(6-10(2)18)17-13(8-16)11-4-5-14(19-3)12(15)7-11/h4-5,7,9-10,13,17-18H,6,8,16H2,1-3H3. The molecule has 0 radical (unpaired) electrons. The molecule has 0 amide bonds. The maximum atomic E-state index is 9.40. The lowest BCUT2D eigenvalue weighted by atomic mass is 10.0. The van der Waals surface area contributed by atoms with Gasteiger partial charge in [0.05, 0.1) is 17.7 Å². The van der Waals surface area contributed by atoms with Gasteiger partial charge in [0.15, 0.2) is 0 Å². The lowest BCUT2D eigenvalue weighted by molar-refractivity contribution is 0.168. The lowest BCUT2D eigenvalue weighted by Crippen LogP contribution is -2.36. The van der Waals surface area contributed by atoms with E-state index in [1.54, 1.807) is 14.0 Å². The van der Waals surface area contributed by atoms with Crippen molar-refractivity contribution in [3.63, 3.8) is 0 Å². The smallest absolute Gasteiger partial charge is 0.133 e. The summed E-state index contributed by atoms with van der Waals surface area (Å²) < 4.78 is 6.13. The lowest BCUT2D eigenvalue weighted by Gasteiger charge is -2.24. The van der Waals surface area contributed by atoms with Gasteiger partial charge in [-0.05, 0) is 53.9 Å². The molecular weight excluding hydrogens is 308 g/mol. The third kappa shape index (κ3) is 5.10. The highest BCUT2D eigenvalue weighted by Gasteiger charge is 2.15. The van der Waals surface area contributed by atoms with Crippen LogP contribution in [0.4, 0.5) is 0 Å². The molecule has 0 heterocycles. The third-order valence-corrected chi connectivity index (χ3v) is 3.61. The first-order chi connectivity index (χ1) is 8.97. The number of aliphatic hydroxyl groups is 1. The number of methoxy groups -OCH3 is 1. The van der Waals surface area contributed by atoms with Gasteiger partial charge in [0.2, 0.25) is 0 Å². The van der Waals surface area contributed by atoms with Crippen LogP contribution in [0, 0.1) is 0 Å². The Balaban J connectivity index is 2.76. The van der Waals surface area contributed by atoms with E-state index in [0.717, 1.165) is 15.8 Å². The number of hydrogen-bond donors (Lipinski definition) is 3. The zero-order valence-corrected chi connectivity index (χ0v) is 13.3. The summed E-state index contributed by atoms with van der Waals surface area (Å²) in [5.74, 6) is 0.802. The van der Waals surface area contributed by atoms with E-state index in [1.807, 2.05) is 25.1 Å². The van der Waals surface area contributed by atoms with E-state index in [-0.39, 0.29) is 18.2 Å². The van der Waals surface area contributed by atoms with Crippen molar-refractivity contribution in [2.24, 2.45) is 5.73 Å². The van der Waals surface area contributed by atoms with Crippen molar-refractivity contribution in [3.05, 3.63) is 28.2 Å². The monoisotopic (exact) mass is 330 g/mol. The Morgan fingerprint density at radius 3 is 2.58 bits per heavy atom. The highest BCUT2D eigenvalue weighted by Crippen LogP contribution is 2.28. The number of hydrogen-bond acceptors (Lipinski definition) is 4. The highest BCUT2D eigenvalue weighted by atomic mass is 79.9. The molecule has 108 valence electrons. The molecule has 19 heavy (non-hydrogen) atoms. The summed E-state index contributed by atoms with van der Waals surface area (Å²) in [4.78, 5) is 0. The summed E-state index contributed by atoms with van der Waals surface area (Å²) in [7, 11) is 1.64. The predicted molar refractivity (Wildman–Crippen MR) is 81.4 cm³/mol. The molecule has 0 aliphatic carbocycles. The van der Waals surface area contributed by atoms with Crippen molar-refractivity contribution >= 4 is 15.9 Å². The molecule has 4 N–H and O–H groups in total. The fourth-order valence-corrected chi connectivity index (χ4v) is 2.68. The topological polar surface area (TPSA) is 67.5 Å². The van der Waals surface area contributed by atoms with Crippen LogP contribution in [0.25, 0.3) is 0 Å². The number of nitrogens with two attached hydrogens (primary N) is 1. The van der Waals surface area contributed by atoms with Gasteiger partial charge in [-0.2, -0.15) is 0 Å². The predicted octanol–water partition coefficient (Wildman–Crippen LogP) is 2.21. The summed E-state index contributed by atoms with van der Waals surface area (Å²) in [6, 6.07) is 6.20. The second-order valence-electron chi connectivity index (χ2n) is 4.83. The Bertz CT molecular complexity index is 399. The van der Waals surface area contributed by atoms with Crippen LogP contribution in [-0.2, 0) is 0 Å². The minimum atomic E-state index is -0.316. The van der Waals surface area contributed by atoms with E-state index in [9.17, 15) is 5.11 Å². The van der Waals surface area contributed by atoms with Crippen LogP contribution in [0.2, 0.25) is 0 Å². The van der Waals surface area contributed by atoms with Crippen molar-refractivity contribution in [3.8, 4) is 5.75 Å². The van der Waals surface area contributed by atoms with E-state index >= 15 is 0 Å². The summed E-state index contributed by atoms with van der Waals surface area (Å²) >= 11 is 3.48. The molecule has 0 saturated heterocycles. The fourth-order valence-electron chi connectivity index (χ4n) is 2.12. The van der Waals surface area contributed by atoms with Gasteiger partial charge in [-0.25, -0.2) is 0 Å².